The molecule has 3 fully saturated rings. The highest BCUT2D eigenvalue weighted by Crippen LogP contribution is 2.37. The van der Waals surface area contributed by atoms with Crippen LogP contribution in [-0.2, 0) is 0 Å². The number of rotatable bonds is 2. The Labute approximate surface area is 125 Å². The van der Waals surface area contributed by atoms with Crippen LogP contribution in [0.1, 0.15) is 58.3 Å². The highest BCUT2D eigenvalue weighted by Gasteiger charge is 2.32. The fraction of sp³-hybridized carbons (Fsp3) is 1.00. The van der Waals surface area contributed by atoms with Crippen LogP contribution in [0.5, 0.6) is 0 Å². The Morgan fingerprint density at radius 2 is 1.20 bits per heavy atom. The van der Waals surface area contributed by atoms with Crippen molar-refractivity contribution < 1.29 is 0 Å². The van der Waals surface area contributed by atoms with Crippen molar-refractivity contribution in [3.8, 4) is 0 Å². The molecule has 116 valence electrons. The third-order valence-corrected chi connectivity index (χ3v) is 6.51. The summed E-state index contributed by atoms with van der Waals surface area (Å²) in [6, 6.07) is 0.935. The standard InChI is InChI=1S/C18H34N2/c1-15-7-13-20(14-8-15)18-5-3-16(4-6-18)17-9-11-19(2)12-10-17/h15-18H,3-14H2,1-2H3. The van der Waals surface area contributed by atoms with Gasteiger partial charge in [-0.15, -0.1) is 0 Å². The van der Waals surface area contributed by atoms with Gasteiger partial charge in [-0.1, -0.05) is 6.92 Å². The highest BCUT2D eigenvalue weighted by molar-refractivity contribution is 4.86. The molecule has 0 N–H and O–H groups in total. The van der Waals surface area contributed by atoms with Crippen molar-refractivity contribution in [1.82, 2.24) is 9.80 Å². The van der Waals surface area contributed by atoms with E-state index in [-0.39, 0.29) is 0 Å². The molecule has 2 heteroatoms. The molecule has 0 aromatic carbocycles. The zero-order chi connectivity index (χ0) is 13.9. The van der Waals surface area contributed by atoms with Crippen molar-refractivity contribution in [3.05, 3.63) is 0 Å². The maximum atomic E-state index is 2.82. The molecule has 3 rings (SSSR count). The zero-order valence-electron chi connectivity index (χ0n) is 13.7. The first kappa shape index (κ1) is 14.8. The van der Waals surface area contributed by atoms with E-state index < -0.39 is 0 Å². The smallest absolute Gasteiger partial charge is 0.00954 e. The fourth-order valence-corrected chi connectivity index (χ4v) is 4.83. The van der Waals surface area contributed by atoms with E-state index in [1.54, 1.807) is 0 Å². The van der Waals surface area contributed by atoms with Gasteiger partial charge >= 0.3 is 0 Å². The molecule has 1 aliphatic carbocycles. The van der Waals surface area contributed by atoms with Crippen molar-refractivity contribution in [3.63, 3.8) is 0 Å². The van der Waals surface area contributed by atoms with Gasteiger partial charge in [-0.25, -0.2) is 0 Å². The summed E-state index contributed by atoms with van der Waals surface area (Å²) < 4.78 is 0. The molecular formula is C18H34N2. The van der Waals surface area contributed by atoms with Crippen molar-refractivity contribution in [2.75, 3.05) is 33.2 Å². The molecule has 3 aliphatic rings. The van der Waals surface area contributed by atoms with Gasteiger partial charge in [0.25, 0.3) is 0 Å². The third-order valence-electron chi connectivity index (χ3n) is 6.51. The van der Waals surface area contributed by atoms with Gasteiger partial charge in [-0.2, -0.15) is 0 Å². The van der Waals surface area contributed by atoms with Crippen LogP contribution in [0, 0.1) is 17.8 Å². The first-order valence-electron chi connectivity index (χ1n) is 9.15. The van der Waals surface area contributed by atoms with Gasteiger partial charge in [0.2, 0.25) is 0 Å². The largest absolute Gasteiger partial charge is 0.306 e. The molecule has 0 aromatic rings. The van der Waals surface area contributed by atoms with Gasteiger partial charge in [-0.3, -0.25) is 0 Å². The summed E-state index contributed by atoms with van der Waals surface area (Å²) in [5.74, 6) is 3.08. The summed E-state index contributed by atoms with van der Waals surface area (Å²) in [7, 11) is 2.28. The van der Waals surface area contributed by atoms with Crippen molar-refractivity contribution in [2.45, 2.75) is 64.3 Å². The van der Waals surface area contributed by atoms with Crippen LogP contribution in [0.2, 0.25) is 0 Å². The maximum Gasteiger partial charge on any atom is 0.00954 e. The van der Waals surface area contributed by atoms with E-state index >= 15 is 0 Å². The number of nitrogens with zero attached hydrogens (tertiary/aromatic N) is 2. The lowest BCUT2D eigenvalue weighted by atomic mass is 9.74. The molecule has 1 saturated carbocycles. The number of likely N-dealkylation sites (tertiary alicyclic amines) is 2. The molecule has 0 aromatic heterocycles. The van der Waals surface area contributed by atoms with Crippen LogP contribution >= 0.6 is 0 Å². The van der Waals surface area contributed by atoms with Crippen molar-refractivity contribution >= 4 is 0 Å². The summed E-state index contributed by atoms with van der Waals surface area (Å²) in [6.07, 6.45) is 11.8. The van der Waals surface area contributed by atoms with Gasteiger partial charge in [0.1, 0.15) is 0 Å². The van der Waals surface area contributed by atoms with Crippen LogP contribution in [0.15, 0.2) is 0 Å². The van der Waals surface area contributed by atoms with E-state index in [2.05, 4.69) is 23.8 Å². The molecular weight excluding hydrogens is 244 g/mol. The molecule has 0 atom stereocenters. The summed E-state index contributed by atoms with van der Waals surface area (Å²) >= 11 is 0. The number of hydrogen-bond donors (Lipinski definition) is 0. The normalized spacial score (nSPS) is 36.3. The average Bonchev–Trinajstić information content (AvgIpc) is 2.49. The minimum atomic E-state index is 0.935. The predicted molar refractivity (Wildman–Crippen MR) is 85.9 cm³/mol. The summed E-state index contributed by atoms with van der Waals surface area (Å²) in [4.78, 5) is 5.34. The monoisotopic (exact) mass is 278 g/mol. The second kappa shape index (κ2) is 6.79. The molecule has 20 heavy (non-hydrogen) atoms. The van der Waals surface area contributed by atoms with Gasteiger partial charge in [0, 0.05) is 6.04 Å². The molecule has 0 radical (unpaired) electrons. The quantitative estimate of drug-likeness (QED) is 0.761. The van der Waals surface area contributed by atoms with Crippen LogP contribution in [0.4, 0.5) is 0 Å². The number of hydrogen-bond acceptors (Lipinski definition) is 2. The summed E-state index contributed by atoms with van der Waals surface area (Å²) in [5.41, 5.74) is 0. The van der Waals surface area contributed by atoms with Gasteiger partial charge in [0.05, 0.1) is 0 Å². The first-order valence-corrected chi connectivity index (χ1v) is 9.15. The second-order valence-corrected chi connectivity index (χ2v) is 7.93. The van der Waals surface area contributed by atoms with E-state index in [4.69, 9.17) is 0 Å². The minimum Gasteiger partial charge on any atom is -0.306 e. The molecule has 2 heterocycles. The molecule has 0 spiro atoms. The lowest BCUT2D eigenvalue weighted by Gasteiger charge is -2.43. The van der Waals surface area contributed by atoms with Crippen LogP contribution in [0.3, 0.4) is 0 Å². The highest BCUT2D eigenvalue weighted by atomic mass is 15.2. The predicted octanol–water partition coefficient (Wildman–Crippen LogP) is 3.62. The van der Waals surface area contributed by atoms with Gasteiger partial charge < -0.3 is 9.80 Å². The van der Waals surface area contributed by atoms with E-state index in [1.807, 2.05) is 0 Å². The molecule has 0 bridgehead atoms. The Hall–Kier alpha value is -0.0800. The van der Waals surface area contributed by atoms with Crippen molar-refractivity contribution in [1.29, 1.82) is 0 Å². The first-order chi connectivity index (χ1) is 9.72. The third kappa shape index (κ3) is 3.57. The molecule has 0 unspecified atom stereocenters. The lowest BCUT2D eigenvalue weighted by Crippen LogP contribution is -2.44. The zero-order valence-corrected chi connectivity index (χ0v) is 13.7. The number of piperidine rings is 2. The second-order valence-electron chi connectivity index (χ2n) is 7.93. The topological polar surface area (TPSA) is 6.48 Å². The van der Waals surface area contributed by atoms with Gasteiger partial charge in [0.15, 0.2) is 0 Å². The Morgan fingerprint density at radius 3 is 1.80 bits per heavy atom. The van der Waals surface area contributed by atoms with E-state index in [1.165, 1.54) is 77.5 Å². The molecule has 2 saturated heterocycles. The summed E-state index contributed by atoms with van der Waals surface area (Å²) in [5, 5.41) is 0. The minimum absolute atomic E-state index is 0.935. The Bertz CT molecular complexity index is 250. The SMILES string of the molecule is CC1CCN(C2CCC(C3CCN(C)CC3)CC2)CC1. The Morgan fingerprint density at radius 1 is 0.650 bits per heavy atom. The molecule has 2 aliphatic heterocycles. The van der Waals surface area contributed by atoms with E-state index in [9.17, 15) is 0 Å². The van der Waals surface area contributed by atoms with E-state index in [0.29, 0.717) is 0 Å². The maximum absolute atomic E-state index is 2.82. The lowest BCUT2D eigenvalue weighted by molar-refractivity contribution is 0.0731. The Kier molecular flexibility index (Phi) is 5.04. The van der Waals surface area contributed by atoms with Gasteiger partial charge in [-0.05, 0) is 102 Å². The Balaban J connectivity index is 1.42. The van der Waals surface area contributed by atoms with Crippen LogP contribution < -0.4 is 0 Å². The average molecular weight is 278 g/mol. The molecule has 0 amide bonds. The van der Waals surface area contributed by atoms with E-state index in [0.717, 1.165) is 23.8 Å². The fourth-order valence-electron chi connectivity index (χ4n) is 4.83. The summed E-state index contributed by atoms with van der Waals surface area (Å²) in [6.45, 7) is 7.87. The van der Waals surface area contributed by atoms with Crippen LogP contribution in [0.25, 0.3) is 0 Å². The van der Waals surface area contributed by atoms with Crippen molar-refractivity contribution in [2.24, 2.45) is 17.8 Å². The van der Waals surface area contributed by atoms with Crippen LogP contribution in [-0.4, -0.2) is 49.1 Å². The molecule has 2 nitrogen and oxygen atoms in total.